The van der Waals surface area contributed by atoms with Crippen LogP contribution in [0.25, 0.3) is 6.08 Å². The molecule has 2 aromatic rings. The molecule has 0 bridgehead atoms. The molecule has 0 fully saturated rings. The Labute approximate surface area is 133 Å². The molecule has 0 unspecified atom stereocenters. The molecule has 2 rings (SSSR count). The van der Waals surface area contributed by atoms with Crippen LogP contribution in [0.3, 0.4) is 0 Å². The van der Waals surface area contributed by atoms with Crippen molar-refractivity contribution in [1.29, 1.82) is 0 Å². The van der Waals surface area contributed by atoms with Crippen LogP contribution in [-0.2, 0) is 4.79 Å². The number of benzene rings is 1. The topological polar surface area (TPSA) is 55.4 Å². The highest BCUT2D eigenvalue weighted by Gasteiger charge is 2.09. The van der Waals surface area contributed by atoms with Crippen LogP contribution in [0.4, 0.5) is 5.69 Å². The van der Waals surface area contributed by atoms with Gasteiger partial charge in [-0.05, 0) is 54.3 Å². The van der Waals surface area contributed by atoms with Gasteiger partial charge in [-0.2, -0.15) is 0 Å². The Bertz CT molecular complexity index is 731. The summed E-state index contributed by atoms with van der Waals surface area (Å²) in [6.07, 6.45) is 3.35. The third kappa shape index (κ3) is 3.83. The molecule has 0 aliphatic heterocycles. The fraction of sp³-hybridized carbons (Fsp3) is 0.176. The van der Waals surface area contributed by atoms with E-state index in [1.165, 1.54) is 20.1 Å². The zero-order valence-corrected chi connectivity index (χ0v) is 13.5. The lowest BCUT2D eigenvalue weighted by Gasteiger charge is -2.09. The Balaban J connectivity index is 2.24. The van der Waals surface area contributed by atoms with Gasteiger partial charge in [-0.1, -0.05) is 0 Å². The monoisotopic (exact) mass is 315 g/mol. The van der Waals surface area contributed by atoms with E-state index in [2.05, 4.69) is 5.32 Å². The molecule has 0 saturated heterocycles. The standard InChI is InChI=1S/C17H17NO3S/c1-11-8-9-22-17(11)7-5-15(20)13-4-6-16(21-3)14(10-13)18-12(2)19/h4-10H,1-3H3,(H,18,19). The van der Waals surface area contributed by atoms with Crippen LogP contribution < -0.4 is 10.1 Å². The second-order valence-electron chi connectivity index (χ2n) is 4.76. The maximum Gasteiger partial charge on any atom is 0.221 e. The highest BCUT2D eigenvalue weighted by molar-refractivity contribution is 7.11. The Morgan fingerprint density at radius 2 is 2.05 bits per heavy atom. The molecule has 5 heteroatoms. The van der Waals surface area contributed by atoms with Gasteiger partial charge in [0.25, 0.3) is 0 Å². The van der Waals surface area contributed by atoms with Gasteiger partial charge in [0.15, 0.2) is 5.78 Å². The van der Waals surface area contributed by atoms with Gasteiger partial charge in [0.2, 0.25) is 5.91 Å². The number of ketones is 1. The molecule has 0 spiro atoms. The number of rotatable bonds is 5. The summed E-state index contributed by atoms with van der Waals surface area (Å²) in [7, 11) is 1.52. The van der Waals surface area contributed by atoms with Crippen molar-refractivity contribution >= 4 is 34.8 Å². The van der Waals surface area contributed by atoms with Gasteiger partial charge in [0.1, 0.15) is 5.75 Å². The van der Waals surface area contributed by atoms with Crippen LogP contribution in [0.15, 0.2) is 35.7 Å². The van der Waals surface area contributed by atoms with E-state index in [4.69, 9.17) is 4.74 Å². The van der Waals surface area contributed by atoms with Gasteiger partial charge in [0.05, 0.1) is 12.8 Å². The molecule has 0 aliphatic carbocycles. The third-order valence-corrected chi connectivity index (χ3v) is 4.07. The Morgan fingerprint density at radius 1 is 1.27 bits per heavy atom. The summed E-state index contributed by atoms with van der Waals surface area (Å²) >= 11 is 1.59. The smallest absolute Gasteiger partial charge is 0.221 e. The first-order valence-corrected chi connectivity index (χ1v) is 7.61. The number of carbonyl (C=O) groups is 2. The summed E-state index contributed by atoms with van der Waals surface area (Å²) in [5.41, 5.74) is 2.12. The van der Waals surface area contributed by atoms with Crippen LogP contribution in [-0.4, -0.2) is 18.8 Å². The first kappa shape index (κ1) is 16.0. The van der Waals surface area contributed by atoms with E-state index in [0.29, 0.717) is 17.0 Å². The molecule has 1 aromatic carbocycles. The SMILES string of the molecule is COc1ccc(C(=O)C=Cc2sccc2C)cc1NC(C)=O. The lowest BCUT2D eigenvalue weighted by Crippen LogP contribution is -2.08. The lowest BCUT2D eigenvalue weighted by molar-refractivity contribution is -0.114. The highest BCUT2D eigenvalue weighted by atomic mass is 32.1. The molecule has 0 saturated carbocycles. The number of carbonyl (C=O) groups excluding carboxylic acids is 2. The predicted octanol–water partition coefficient (Wildman–Crippen LogP) is 3.92. The third-order valence-electron chi connectivity index (χ3n) is 3.08. The van der Waals surface area contributed by atoms with Gasteiger partial charge in [-0.25, -0.2) is 0 Å². The number of hydrogen-bond acceptors (Lipinski definition) is 4. The van der Waals surface area contributed by atoms with Gasteiger partial charge in [-0.15, -0.1) is 11.3 Å². The fourth-order valence-electron chi connectivity index (χ4n) is 1.95. The van der Waals surface area contributed by atoms with E-state index in [1.54, 1.807) is 29.5 Å². The van der Waals surface area contributed by atoms with Gasteiger partial charge in [0, 0.05) is 17.4 Å². The van der Waals surface area contributed by atoms with E-state index in [-0.39, 0.29) is 11.7 Å². The quantitative estimate of drug-likeness (QED) is 0.672. The molecule has 0 atom stereocenters. The maximum atomic E-state index is 12.3. The number of ether oxygens (including phenoxy) is 1. The minimum Gasteiger partial charge on any atom is -0.495 e. The van der Waals surface area contributed by atoms with Crippen molar-refractivity contribution in [3.8, 4) is 5.75 Å². The number of thiophene rings is 1. The molecular weight excluding hydrogens is 298 g/mol. The number of hydrogen-bond donors (Lipinski definition) is 1. The molecule has 1 N–H and O–H groups in total. The van der Waals surface area contributed by atoms with Crippen molar-refractivity contribution < 1.29 is 14.3 Å². The Kier molecular flexibility index (Phi) is 5.12. The Hall–Kier alpha value is -2.40. The number of nitrogens with one attached hydrogen (secondary N) is 1. The first-order chi connectivity index (χ1) is 10.5. The second-order valence-corrected chi connectivity index (χ2v) is 5.71. The van der Waals surface area contributed by atoms with Gasteiger partial charge in [-0.3, -0.25) is 9.59 Å². The number of aryl methyl sites for hydroxylation is 1. The molecule has 1 heterocycles. The number of anilines is 1. The minimum atomic E-state index is -0.215. The van der Waals surface area contributed by atoms with Crippen molar-refractivity contribution in [2.75, 3.05) is 12.4 Å². The van der Waals surface area contributed by atoms with E-state index < -0.39 is 0 Å². The lowest BCUT2D eigenvalue weighted by atomic mass is 10.1. The molecule has 0 aliphatic rings. The van der Waals surface area contributed by atoms with E-state index in [9.17, 15) is 9.59 Å². The Morgan fingerprint density at radius 3 is 2.64 bits per heavy atom. The van der Waals surface area contributed by atoms with Crippen molar-refractivity contribution in [1.82, 2.24) is 0 Å². The molecule has 4 nitrogen and oxygen atoms in total. The fourth-order valence-corrected chi connectivity index (χ4v) is 2.77. The molecule has 1 amide bonds. The first-order valence-electron chi connectivity index (χ1n) is 6.73. The second kappa shape index (κ2) is 7.04. The van der Waals surface area contributed by atoms with Gasteiger partial charge >= 0.3 is 0 Å². The largest absolute Gasteiger partial charge is 0.495 e. The summed E-state index contributed by atoms with van der Waals surface area (Å²) < 4.78 is 5.17. The van der Waals surface area contributed by atoms with Gasteiger partial charge < -0.3 is 10.1 Å². The van der Waals surface area contributed by atoms with Crippen molar-refractivity contribution in [3.05, 3.63) is 51.7 Å². The zero-order chi connectivity index (χ0) is 16.1. The highest BCUT2D eigenvalue weighted by Crippen LogP contribution is 2.26. The van der Waals surface area contributed by atoms with E-state index in [1.807, 2.05) is 24.4 Å². The van der Waals surface area contributed by atoms with E-state index >= 15 is 0 Å². The minimum absolute atomic E-state index is 0.123. The summed E-state index contributed by atoms with van der Waals surface area (Å²) in [6.45, 7) is 3.41. The molecule has 0 radical (unpaired) electrons. The van der Waals surface area contributed by atoms with Crippen molar-refractivity contribution in [2.24, 2.45) is 0 Å². The number of methoxy groups -OCH3 is 1. The summed E-state index contributed by atoms with van der Waals surface area (Å²) in [6, 6.07) is 6.98. The van der Waals surface area contributed by atoms with Crippen LogP contribution in [0.2, 0.25) is 0 Å². The molecule has 22 heavy (non-hydrogen) atoms. The number of allylic oxidation sites excluding steroid dienone is 1. The summed E-state index contributed by atoms with van der Waals surface area (Å²) in [5.74, 6) is 0.180. The van der Waals surface area contributed by atoms with Crippen molar-refractivity contribution in [3.63, 3.8) is 0 Å². The zero-order valence-electron chi connectivity index (χ0n) is 12.7. The van der Waals surface area contributed by atoms with Crippen LogP contribution in [0.1, 0.15) is 27.7 Å². The normalized spacial score (nSPS) is 10.7. The number of amides is 1. The average molecular weight is 315 g/mol. The molecule has 1 aromatic heterocycles. The van der Waals surface area contributed by atoms with Crippen LogP contribution in [0, 0.1) is 6.92 Å². The van der Waals surface area contributed by atoms with Crippen molar-refractivity contribution in [2.45, 2.75) is 13.8 Å². The summed E-state index contributed by atoms with van der Waals surface area (Å²) in [5, 5.41) is 4.65. The van der Waals surface area contributed by atoms with Crippen LogP contribution >= 0.6 is 11.3 Å². The van der Waals surface area contributed by atoms with E-state index in [0.717, 1.165) is 10.4 Å². The van der Waals surface area contributed by atoms with Crippen LogP contribution in [0.5, 0.6) is 5.75 Å². The molecular formula is C17H17NO3S. The maximum absolute atomic E-state index is 12.3. The summed E-state index contributed by atoms with van der Waals surface area (Å²) in [4.78, 5) is 24.5. The molecule has 114 valence electrons. The predicted molar refractivity (Wildman–Crippen MR) is 89.7 cm³/mol. The average Bonchev–Trinajstić information content (AvgIpc) is 2.89.